The van der Waals surface area contributed by atoms with E-state index in [9.17, 15) is 5.11 Å². The second kappa shape index (κ2) is 4.62. The summed E-state index contributed by atoms with van der Waals surface area (Å²) < 4.78 is 0. The van der Waals surface area contributed by atoms with E-state index in [-0.39, 0.29) is 5.92 Å². The standard InChI is InChI=1S/C16H18O/c1-11-9-10-15(16(17)12(11)2)13(3)14-7-5-4-6-8-14/h4-10,13,17H,1-3H3. The fraction of sp³-hybridized carbons (Fsp3) is 0.250. The molecular formula is C16H18O. The molecule has 1 heteroatoms. The van der Waals surface area contributed by atoms with Gasteiger partial charge in [-0.05, 0) is 30.5 Å². The Morgan fingerprint density at radius 3 is 2.24 bits per heavy atom. The largest absolute Gasteiger partial charge is 0.507 e. The highest BCUT2D eigenvalue weighted by Crippen LogP contribution is 2.34. The lowest BCUT2D eigenvalue weighted by atomic mass is 9.90. The van der Waals surface area contributed by atoms with Gasteiger partial charge in [-0.2, -0.15) is 0 Å². The Bertz CT molecular complexity index is 515. The van der Waals surface area contributed by atoms with Gasteiger partial charge in [0.05, 0.1) is 0 Å². The van der Waals surface area contributed by atoms with Crippen molar-refractivity contribution in [2.45, 2.75) is 26.7 Å². The SMILES string of the molecule is Cc1ccc(C(C)c2ccccc2)c(O)c1C. The number of phenolic OH excluding ortho intramolecular Hbond substituents is 1. The van der Waals surface area contributed by atoms with Crippen molar-refractivity contribution in [3.8, 4) is 5.75 Å². The van der Waals surface area contributed by atoms with Crippen molar-refractivity contribution in [2.75, 3.05) is 0 Å². The number of hydrogen-bond donors (Lipinski definition) is 1. The van der Waals surface area contributed by atoms with Crippen LogP contribution in [0.15, 0.2) is 42.5 Å². The molecule has 0 bridgehead atoms. The monoisotopic (exact) mass is 226 g/mol. The molecule has 2 rings (SSSR count). The molecule has 0 aliphatic heterocycles. The van der Waals surface area contributed by atoms with E-state index in [0.29, 0.717) is 5.75 Å². The molecule has 0 aliphatic rings. The Labute approximate surface area is 103 Å². The topological polar surface area (TPSA) is 20.2 Å². The summed E-state index contributed by atoms with van der Waals surface area (Å²) in [6.07, 6.45) is 0. The third kappa shape index (κ3) is 2.19. The number of aryl methyl sites for hydroxylation is 1. The van der Waals surface area contributed by atoms with Crippen LogP contribution < -0.4 is 0 Å². The first-order chi connectivity index (χ1) is 8.11. The van der Waals surface area contributed by atoms with E-state index in [2.05, 4.69) is 25.1 Å². The highest BCUT2D eigenvalue weighted by Gasteiger charge is 2.14. The molecule has 2 aromatic carbocycles. The van der Waals surface area contributed by atoms with Crippen molar-refractivity contribution in [3.63, 3.8) is 0 Å². The summed E-state index contributed by atoms with van der Waals surface area (Å²) in [6, 6.07) is 14.4. The fourth-order valence-electron chi connectivity index (χ4n) is 2.09. The molecule has 2 aromatic rings. The molecule has 0 saturated heterocycles. The maximum absolute atomic E-state index is 10.2. The van der Waals surface area contributed by atoms with Gasteiger partial charge in [0, 0.05) is 11.5 Å². The molecule has 17 heavy (non-hydrogen) atoms. The first kappa shape index (κ1) is 11.7. The van der Waals surface area contributed by atoms with Gasteiger partial charge in [-0.15, -0.1) is 0 Å². The molecule has 1 N–H and O–H groups in total. The zero-order chi connectivity index (χ0) is 12.4. The number of benzene rings is 2. The molecule has 88 valence electrons. The van der Waals surface area contributed by atoms with Crippen LogP contribution in [0.2, 0.25) is 0 Å². The third-order valence-corrected chi connectivity index (χ3v) is 3.50. The molecule has 0 fully saturated rings. The van der Waals surface area contributed by atoms with Gasteiger partial charge in [-0.25, -0.2) is 0 Å². The fourth-order valence-corrected chi connectivity index (χ4v) is 2.09. The van der Waals surface area contributed by atoms with E-state index in [1.165, 1.54) is 5.56 Å². The molecular weight excluding hydrogens is 208 g/mol. The lowest BCUT2D eigenvalue weighted by Gasteiger charge is -2.16. The second-order valence-electron chi connectivity index (χ2n) is 4.58. The summed E-state index contributed by atoms with van der Waals surface area (Å²) in [5.74, 6) is 0.650. The van der Waals surface area contributed by atoms with Gasteiger partial charge in [0.25, 0.3) is 0 Å². The highest BCUT2D eigenvalue weighted by atomic mass is 16.3. The van der Waals surface area contributed by atoms with Gasteiger partial charge < -0.3 is 5.11 Å². The number of phenols is 1. The van der Waals surface area contributed by atoms with E-state index in [4.69, 9.17) is 0 Å². The summed E-state index contributed by atoms with van der Waals surface area (Å²) in [5, 5.41) is 10.2. The molecule has 0 amide bonds. The third-order valence-electron chi connectivity index (χ3n) is 3.50. The van der Waals surface area contributed by atoms with Crippen LogP contribution in [0, 0.1) is 13.8 Å². The number of hydrogen-bond acceptors (Lipinski definition) is 1. The van der Waals surface area contributed by atoms with E-state index in [1.54, 1.807) is 0 Å². The van der Waals surface area contributed by atoms with E-state index in [1.807, 2.05) is 38.1 Å². The molecule has 1 nitrogen and oxygen atoms in total. The predicted octanol–water partition coefficient (Wildman–Crippen LogP) is 4.16. The average molecular weight is 226 g/mol. The van der Waals surface area contributed by atoms with Gasteiger partial charge in [0.2, 0.25) is 0 Å². The Morgan fingerprint density at radius 1 is 0.941 bits per heavy atom. The van der Waals surface area contributed by atoms with Crippen molar-refractivity contribution in [2.24, 2.45) is 0 Å². The summed E-state index contributed by atoms with van der Waals surface area (Å²) in [4.78, 5) is 0. The summed E-state index contributed by atoms with van der Waals surface area (Å²) in [5.41, 5.74) is 4.34. The van der Waals surface area contributed by atoms with E-state index < -0.39 is 0 Å². The first-order valence-electron chi connectivity index (χ1n) is 5.95. The maximum atomic E-state index is 10.2. The minimum absolute atomic E-state index is 0.218. The molecule has 0 heterocycles. The number of aromatic hydroxyl groups is 1. The first-order valence-corrected chi connectivity index (χ1v) is 5.95. The Hall–Kier alpha value is -1.76. The van der Waals surface area contributed by atoms with Crippen LogP contribution in [0.1, 0.15) is 35.1 Å². The van der Waals surface area contributed by atoms with Crippen molar-refractivity contribution >= 4 is 0 Å². The van der Waals surface area contributed by atoms with Gasteiger partial charge in [-0.1, -0.05) is 49.4 Å². The molecule has 0 aliphatic carbocycles. The van der Waals surface area contributed by atoms with Gasteiger partial charge in [0.15, 0.2) is 0 Å². The zero-order valence-corrected chi connectivity index (χ0v) is 10.6. The van der Waals surface area contributed by atoms with Crippen LogP contribution in [-0.4, -0.2) is 5.11 Å². The summed E-state index contributed by atoms with van der Waals surface area (Å²) in [7, 11) is 0. The predicted molar refractivity (Wildman–Crippen MR) is 71.5 cm³/mol. The van der Waals surface area contributed by atoms with E-state index >= 15 is 0 Å². The molecule has 1 unspecified atom stereocenters. The number of rotatable bonds is 2. The molecule has 1 atom stereocenters. The van der Waals surface area contributed by atoms with Crippen LogP contribution in [0.5, 0.6) is 5.75 Å². The van der Waals surface area contributed by atoms with Crippen molar-refractivity contribution < 1.29 is 5.11 Å². The van der Waals surface area contributed by atoms with Crippen LogP contribution in [-0.2, 0) is 0 Å². The van der Waals surface area contributed by atoms with Crippen LogP contribution >= 0.6 is 0 Å². The van der Waals surface area contributed by atoms with Crippen molar-refractivity contribution in [1.82, 2.24) is 0 Å². The minimum atomic E-state index is 0.218. The van der Waals surface area contributed by atoms with Gasteiger partial charge in [0.1, 0.15) is 5.75 Å². The Kier molecular flexibility index (Phi) is 3.19. The average Bonchev–Trinajstić information content (AvgIpc) is 2.36. The maximum Gasteiger partial charge on any atom is 0.122 e. The lowest BCUT2D eigenvalue weighted by Crippen LogP contribution is -1.98. The van der Waals surface area contributed by atoms with Gasteiger partial charge >= 0.3 is 0 Å². The highest BCUT2D eigenvalue weighted by molar-refractivity contribution is 5.48. The van der Waals surface area contributed by atoms with E-state index in [0.717, 1.165) is 16.7 Å². The van der Waals surface area contributed by atoms with Crippen molar-refractivity contribution in [1.29, 1.82) is 0 Å². The quantitative estimate of drug-likeness (QED) is 0.815. The molecule has 0 radical (unpaired) electrons. The summed E-state index contributed by atoms with van der Waals surface area (Å²) >= 11 is 0. The normalized spacial score (nSPS) is 12.4. The van der Waals surface area contributed by atoms with Crippen LogP contribution in [0.3, 0.4) is 0 Å². The van der Waals surface area contributed by atoms with Crippen LogP contribution in [0.4, 0.5) is 0 Å². The summed E-state index contributed by atoms with van der Waals surface area (Å²) in [6.45, 7) is 6.11. The lowest BCUT2D eigenvalue weighted by molar-refractivity contribution is 0.461. The zero-order valence-electron chi connectivity index (χ0n) is 10.6. The minimum Gasteiger partial charge on any atom is -0.507 e. The second-order valence-corrected chi connectivity index (χ2v) is 4.58. The Morgan fingerprint density at radius 2 is 1.59 bits per heavy atom. The van der Waals surface area contributed by atoms with Crippen molar-refractivity contribution in [3.05, 3.63) is 64.7 Å². The molecule has 0 spiro atoms. The Balaban J connectivity index is 2.45. The molecule has 0 saturated carbocycles. The smallest absolute Gasteiger partial charge is 0.122 e. The van der Waals surface area contributed by atoms with Gasteiger partial charge in [-0.3, -0.25) is 0 Å². The van der Waals surface area contributed by atoms with Crippen LogP contribution in [0.25, 0.3) is 0 Å². The molecule has 0 aromatic heterocycles.